The Morgan fingerprint density at radius 3 is 2.25 bits per heavy atom. The van der Waals surface area contributed by atoms with Gasteiger partial charge in [-0.1, -0.05) is 15.9 Å². The average molecular weight is 347 g/mol. The van der Waals surface area contributed by atoms with Crippen LogP contribution in [0.4, 0.5) is 18.9 Å². The molecule has 0 atom stereocenters. The van der Waals surface area contributed by atoms with Gasteiger partial charge in [0.1, 0.15) is 5.71 Å². The van der Waals surface area contributed by atoms with E-state index in [0.29, 0.717) is 25.0 Å². The fourth-order valence-electron chi connectivity index (χ4n) is 2.15. The predicted octanol–water partition coefficient (Wildman–Crippen LogP) is 4.87. The molecule has 0 saturated heterocycles. The van der Waals surface area contributed by atoms with Crippen LogP contribution in [0.1, 0.15) is 25.7 Å². The van der Waals surface area contributed by atoms with Crippen LogP contribution in [0.5, 0.6) is 0 Å². The maximum absolute atomic E-state index is 13.2. The second kappa shape index (κ2) is 5.99. The second-order valence-corrected chi connectivity index (χ2v) is 5.56. The lowest BCUT2D eigenvalue weighted by Gasteiger charge is -2.20. The molecular weight excluding hydrogens is 333 g/mol. The Morgan fingerprint density at radius 1 is 1.10 bits per heavy atom. The van der Waals surface area contributed by atoms with E-state index < -0.39 is 11.9 Å². The van der Waals surface area contributed by atoms with Gasteiger partial charge in [-0.05, 0) is 49.9 Å². The molecule has 0 aromatic heterocycles. The zero-order valence-electron chi connectivity index (χ0n) is 10.7. The van der Waals surface area contributed by atoms with Crippen LogP contribution in [0.2, 0.25) is 0 Å². The molecule has 0 amide bonds. The van der Waals surface area contributed by atoms with Crippen molar-refractivity contribution < 1.29 is 13.2 Å². The number of aliphatic imine (C=N–C) groups is 1. The second-order valence-electron chi connectivity index (χ2n) is 4.65. The maximum atomic E-state index is 13.2. The summed E-state index contributed by atoms with van der Waals surface area (Å²) in [6.45, 7) is 0. The van der Waals surface area contributed by atoms with Gasteiger partial charge in [0.05, 0.1) is 5.69 Å². The summed E-state index contributed by atoms with van der Waals surface area (Å²) in [4.78, 5) is 3.78. The van der Waals surface area contributed by atoms with Crippen LogP contribution < -0.4 is 5.73 Å². The van der Waals surface area contributed by atoms with E-state index in [4.69, 9.17) is 5.73 Å². The van der Waals surface area contributed by atoms with Gasteiger partial charge >= 0.3 is 6.18 Å². The minimum absolute atomic E-state index is 0.145. The van der Waals surface area contributed by atoms with Crippen molar-refractivity contribution >= 4 is 27.3 Å². The van der Waals surface area contributed by atoms with Gasteiger partial charge in [0, 0.05) is 15.7 Å². The number of benzene rings is 1. The van der Waals surface area contributed by atoms with Gasteiger partial charge in [-0.2, -0.15) is 13.2 Å². The lowest BCUT2D eigenvalue weighted by molar-refractivity contribution is -0.0584. The molecule has 108 valence electrons. The molecule has 0 spiro atoms. The van der Waals surface area contributed by atoms with Crippen LogP contribution in [-0.2, 0) is 0 Å². The molecule has 1 aliphatic rings. The molecule has 2 rings (SSSR count). The van der Waals surface area contributed by atoms with Crippen LogP contribution in [0.25, 0.3) is 0 Å². The fraction of sp³-hybridized carbons (Fsp3) is 0.357. The average Bonchev–Trinajstić information content (AvgIpc) is 2.38. The number of halogens is 4. The minimum atomic E-state index is -4.50. The third kappa shape index (κ3) is 3.62. The highest BCUT2D eigenvalue weighted by molar-refractivity contribution is 9.10. The molecule has 0 radical (unpaired) electrons. The van der Waals surface area contributed by atoms with E-state index in [0.717, 1.165) is 10.9 Å². The van der Waals surface area contributed by atoms with Gasteiger partial charge in [-0.25, -0.2) is 4.99 Å². The molecule has 0 bridgehead atoms. The smallest absolute Gasteiger partial charge is 0.402 e. The first-order valence-corrected chi connectivity index (χ1v) is 7.06. The summed E-state index contributed by atoms with van der Waals surface area (Å²) in [5.41, 5.74) is 5.61. The number of rotatable bonds is 2. The lowest BCUT2D eigenvalue weighted by Crippen LogP contribution is -2.28. The van der Waals surface area contributed by atoms with Crippen LogP contribution in [0, 0.1) is 0 Å². The number of hydrogen-bond donors (Lipinski definition) is 1. The van der Waals surface area contributed by atoms with Gasteiger partial charge in [-0.15, -0.1) is 0 Å². The zero-order valence-corrected chi connectivity index (χ0v) is 12.3. The molecular formula is C14H14BrF3N2. The van der Waals surface area contributed by atoms with Gasteiger partial charge in [0.25, 0.3) is 0 Å². The Labute approximate surface area is 123 Å². The van der Waals surface area contributed by atoms with Gasteiger partial charge in [0.15, 0.2) is 0 Å². The van der Waals surface area contributed by atoms with E-state index in [1.54, 1.807) is 12.1 Å². The van der Waals surface area contributed by atoms with Gasteiger partial charge in [-0.3, -0.25) is 0 Å². The maximum Gasteiger partial charge on any atom is 0.433 e. The molecule has 0 aliphatic heterocycles. The molecule has 0 heterocycles. The summed E-state index contributed by atoms with van der Waals surface area (Å²) in [7, 11) is 0. The summed E-state index contributed by atoms with van der Waals surface area (Å²) in [5, 5.41) is 0. The van der Waals surface area contributed by atoms with Crippen LogP contribution in [0.15, 0.2) is 45.0 Å². The summed E-state index contributed by atoms with van der Waals surface area (Å²) in [6, 6.07) is 6.39. The Kier molecular flexibility index (Phi) is 4.52. The Balaban J connectivity index is 2.45. The van der Waals surface area contributed by atoms with Crippen molar-refractivity contribution in [2.24, 2.45) is 10.7 Å². The third-order valence-corrected chi connectivity index (χ3v) is 3.66. The molecule has 6 heteroatoms. The van der Waals surface area contributed by atoms with Crippen molar-refractivity contribution in [1.29, 1.82) is 0 Å². The normalized spacial score (nSPS) is 17.5. The monoisotopic (exact) mass is 346 g/mol. The van der Waals surface area contributed by atoms with Crippen LogP contribution in [0.3, 0.4) is 0 Å². The SMILES string of the molecule is NC1=C(C(=Nc2ccc(Br)cc2)C(F)(F)F)CCCC1. The van der Waals surface area contributed by atoms with E-state index in [1.165, 1.54) is 12.1 Å². The Morgan fingerprint density at radius 2 is 1.70 bits per heavy atom. The topological polar surface area (TPSA) is 38.4 Å². The van der Waals surface area contributed by atoms with E-state index in [1.807, 2.05) is 0 Å². The summed E-state index contributed by atoms with van der Waals surface area (Å²) in [6.07, 6.45) is -2.11. The number of nitrogens with zero attached hydrogens (tertiary/aromatic N) is 1. The number of allylic oxidation sites excluding steroid dienone is 2. The highest BCUT2D eigenvalue weighted by Gasteiger charge is 2.39. The summed E-state index contributed by atoms with van der Waals surface area (Å²) < 4.78 is 40.4. The number of hydrogen-bond acceptors (Lipinski definition) is 2. The van der Waals surface area contributed by atoms with Crippen molar-refractivity contribution in [3.63, 3.8) is 0 Å². The van der Waals surface area contributed by atoms with Crippen LogP contribution >= 0.6 is 15.9 Å². The van der Waals surface area contributed by atoms with Crippen molar-refractivity contribution in [1.82, 2.24) is 0 Å². The summed E-state index contributed by atoms with van der Waals surface area (Å²) >= 11 is 3.24. The molecule has 0 fully saturated rings. The van der Waals surface area contributed by atoms with E-state index in [-0.39, 0.29) is 11.3 Å². The van der Waals surface area contributed by atoms with E-state index >= 15 is 0 Å². The summed E-state index contributed by atoms with van der Waals surface area (Å²) in [5.74, 6) is 0. The first kappa shape index (κ1) is 15.1. The van der Waals surface area contributed by atoms with Crippen molar-refractivity contribution in [3.8, 4) is 0 Å². The molecule has 0 saturated carbocycles. The molecule has 2 N–H and O–H groups in total. The lowest BCUT2D eigenvalue weighted by atomic mass is 9.93. The molecule has 0 unspecified atom stereocenters. The zero-order chi connectivity index (χ0) is 14.8. The fourth-order valence-corrected chi connectivity index (χ4v) is 2.41. The quantitative estimate of drug-likeness (QED) is 0.762. The number of nitrogens with two attached hydrogens (primary N) is 1. The first-order valence-electron chi connectivity index (χ1n) is 6.27. The van der Waals surface area contributed by atoms with Crippen LogP contribution in [-0.4, -0.2) is 11.9 Å². The minimum Gasteiger partial charge on any atom is -0.402 e. The van der Waals surface area contributed by atoms with E-state index in [9.17, 15) is 13.2 Å². The largest absolute Gasteiger partial charge is 0.433 e. The highest BCUT2D eigenvalue weighted by Crippen LogP contribution is 2.32. The third-order valence-electron chi connectivity index (χ3n) is 3.13. The van der Waals surface area contributed by atoms with Crippen molar-refractivity contribution in [3.05, 3.63) is 40.0 Å². The molecule has 2 nitrogen and oxygen atoms in total. The molecule has 20 heavy (non-hydrogen) atoms. The predicted molar refractivity (Wildman–Crippen MR) is 77.0 cm³/mol. The highest BCUT2D eigenvalue weighted by atomic mass is 79.9. The number of alkyl halides is 3. The standard InChI is InChI=1S/C14H14BrF3N2/c15-9-5-7-10(8-6-9)20-13(14(16,17)18)11-3-1-2-4-12(11)19/h5-8H,1-4,19H2. The Hall–Kier alpha value is -1.30. The van der Waals surface area contributed by atoms with Gasteiger partial charge in [0.2, 0.25) is 0 Å². The molecule has 1 aromatic carbocycles. The van der Waals surface area contributed by atoms with E-state index in [2.05, 4.69) is 20.9 Å². The molecule has 1 aromatic rings. The van der Waals surface area contributed by atoms with Gasteiger partial charge < -0.3 is 5.73 Å². The first-order chi connectivity index (χ1) is 9.38. The van der Waals surface area contributed by atoms with Crippen molar-refractivity contribution in [2.75, 3.05) is 0 Å². The van der Waals surface area contributed by atoms with Crippen molar-refractivity contribution in [2.45, 2.75) is 31.9 Å². The Bertz CT molecular complexity index is 545. The molecule has 1 aliphatic carbocycles.